The molecule has 3 N–H and O–H groups in total. The van der Waals surface area contributed by atoms with Crippen molar-refractivity contribution < 1.29 is 9.90 Å². The fourth-order valence-corrected chi connectivity index (χ4v) is 6.06. The molecular weight excluding hydrogens is 454 g/mol. The topological polar surface area (TPSA) is 64.6 Å². The van der Waals surface area contributed by atoms with Crippen LogP contribution in [-0.2, 0) is 0 Å². The number of hydrogen-bond donors (Lipinski definition) is 3. The quantitative estimate of drug-likeness (QED) is 0.464. The number of rotatable bonds is 8. The number of aliphatic hydroxyl groups is 1. The van der Waals surface area contributed by atoms with Crippen molar-refractivity contribution in [3.8, 4) is 0 Å². The molecule has 2 atom stereocenters. The molecule has 4 rings (SSSR count). The van der Waals surface area contributed by atoms with Crippen molar-refractivity contribution in [3.05, 3.63) is 48.0 Å². The summed E-state index contributed by atoms with van der Waals surface area (Å²) in [4.78, 5) is 17.6. The van der Waals surface area contributed by atoms with Gasteiger partial charge < -0.3 is 20.6 Å². The molecule has 5 nitrogen and oxygen atoms in total. The van der Waals surface area contributed by atoms with E-state index in [4.69, 9.17) is 0 Å². The lowest BCUT2D eigenvalue weighted by molar-refractivity contribution is 0.0952. The molecular formula is C26H36ClN3O2S. The van der Waals surface area contributed by atoms with Gasteiger partial charge >= 0.3 is 0 Å². The summed E-state index contributed by atoms with van der Waals surface area (Å²) in [6.07, 6.45) is 3.86. The van der Waals surface area contributed by atoms with Gasteiger partial charge in [0.05, 0.1) is 29.6 Å². The Labute approximate surface area is 208 Å². The van der Waals surface area contributed by atoms with Crippen LogP contribution in [0, 0.1) is 5.92 Å². The molecule has 0 aliphatic carbocycles. The number of carbonyl (C=O) groups is 1. The summed E-state index contributed by atoms with van der Waals surface area (Å²) < 4.78 is 0. The first-order valence-electron chi connectivity index (χ1n) is 11.8. The predicted octanol–water partition coefficient (Wildman–Crippen LogP) is 5.38. The van der Waals surface area contributed by atoms with Crippen LogP contribution in [0.15, 0.2) is 52.3 Å². The maximum atomic E-state index is 12.9. The second-order valence-corrected chi connectivity index (χ2v) is 10.4. The van der Waals surface area contributed by atoms with E-state index in [9.17, 15) is 9.90 Å². The van der Waals surface area contributed by atoms with Gasteiger partial charge in [0, 0.05) is 21.9 Å². The van der Waals surface area contributed by atoms with Gasteiger partial charge in [0.1, 0.15) is 0 Å². The molecule has 1 amide bonds. The van der Waals surface area contributed by atoms with E-state index in [0.29, 0.717) is 18.0 Å². The van der Waals surface area contributed by atoms with Crippen molar-refractivity contribution in [1.29, 1.82) is 0 Å². The van der Waals surface area contributed by atoms with Gasteiger partial charge in [-0.1, -0.05) is 44.7 Å². The third-order valence-corrected chi connectivity index (χ3v) is 7.86. The van der Waals surface area contributed by atoms with Crippen LogP contribution in [0.4, 0.5) is 11.4 Å². The molecule has 0 aromatic heterocycles. The largest absolute Gasteiger partial charge is 0.394 e. The molecule has 180 valence electrons. The first-order valence-corrected chi connectivity index (χ1v) is 12.6. The molecule has 2 aliphatic rings. The minimum Gasteiger partial charge on any atom is -0.394 e. The number of halogens is 1. The summed E-state index contributed by atoms with van der Waals surface area (Å²) in [5, 5.41) is 17.2. The van der Waals surface area contributed by atoms with Crippen molar-refractivity contribution in [2.45, 2.75) is 67.8 Å². The highest BCUT2D eigenvalue weighted by atomic mass is 35.5. The first kappa shape index (κ1) is 25.9. The van der Waals surface area contributed by atoms with E-state index < -0.39 is 0 Å². The van der Waals surface area contributed by atoms with Gasteiger partial charge in [-0.2, -0.15) is 0 Å². The number of fused-ring (bicyclic) bond motifs is 2. The molecule has 0 spiro atoms. The first-order chi connectivity index (χ1) is 15.5. The summed E-state index contributed by atoms with van der Waals surface area (Å²) in [6.45, 7) is 8.22. The lowest BCUT2D eigenvalue weighted by Crippen LogP contribution is -2.59. The molecule has 1 fully saturated rings. The number of amides is 1. The molecule has 7 heteroatoms. The minimum absolute atomic E-state index is 0. The van der Waals surface area contributed by atoms with Gasteiger partial charge in [0.25, 0.3) is 5.91 Å². The molecule has 1 unspecified atom stereocenters. The molecule has 2 heterocycles. The van der Waals surface area contributed by atoms with Gasteiger partial charge in [0.15, 0.2) is 0 Å². The van der Waals surface area contributed by atoms with Crippen molar-refractivity contribution in [2.24, 2.45) is 5.92 Å². The zero-order valence-electron chi connectivity index (χ0n) is 19.8. The SMILES string of the molecule is CCC(N1c2ccccc2Sc2ccc(C(=O)NCCC(C)C)cc21)[C@]1(CO)CCCN1.Cl. The molecule has 1 saturated heterocycles. The molecule has 0 radical (unpaired) electrons. The van der Waals surface area contributed by atoms with E-state index in [1.54, 1.807) is 11.8 Å². The maximum absolute atomic E-state index is 12.9. The van der Waals surface area contributed by atoms with Crippen molar-refractivity contribution in [2.75, 3.05) is 24.6 Å². The number of benzene rings is 2. The Kier molecular flexibility index (Phi) is 8.73. The van der Waals surface area contributed by atoms with Crippen LogP contribution in [-0.4, -0.2) is 42.3 Å². The van der Waals surface area contributed by atoms with E-state index in [1.807, 2.05) is 12.1 Å². The van der Waals surface area contributed by atoms with E-state index >= 15 is 0 Å². The Morgan fingerprint density at radius 3 is 2.64 bits per heavy atom. The smallest absolute Gasteiger partial charge is 0.251 e. The summed E-state index contributed by atoms with van der Waals surface area (Å²) in [6, 6.07) is 14.6. The van der Waals surface area contributed by atoms with Crippen LogP contribution in [0.2, 0.25) is 0 Å². The number of anilines is 2. The monoisotopic (exact) mass is 489 g/mol. The zero-order chi connectivity index (χ0) is 22.7. The van der Waals surface area contributed by atoms with E-state index in [0.717, 1.165) is 48.5 Å². The highest BCUT2D eigenvalue weighted by Gasteiger charge is 2.45. The average molecular weight is 490 g/mol. The molecule has 0 bridgehead atoms. The van der Waals surface area contributed by atoms with E-state index in [1.165, 1.54) is 4.90 Å². The fourth-order valence-electron chi connectivity index (χ4n) is 5.01. The number of nitrogens with zero attached hydrogens (tertiary/aromatic N) is 1. The van der Waals surface area contributed by atoms with E-state index in [-0.39, 0.29) is 36.5 Å². The Balaban J connectivity index is 0.00000306. The van der Waals surface area contributed by atoms with Crippen LogP contribution in [0.5, 0.6) is 0 Å². The second-order valence-electron chi connectivity index (χ2n) is 9.33. The lowest BCUT2D eigenvalue weighted by Gasteiger charge is -2.46. The number of aliphatic hydroxyl groups excluding tert-OH is 1. The normalized spacial score (nSPS) is 20.1. The van der Waals surface area contributed by atoms with Gasteiger partial charge in [-0.05, 0) is 68.5 Å². The van der Waals surface area contributed by atoms with Crippen LogP contribution in [0.1, 0.15) is 56.8 Å². The van der Waals surface area contributed by atoms with Crippen LogP contribution in [0.3, 0.4) is 0 Å². The number of hydrogen-bond acceptors (Lipinski definition) is 5. The third kappa shape index (κ3) is 5.19. The molecule has 0 saturated carbocycles. The van der Waals surface area contributed by atoms with Gasteiger partial charge in [-0.25, -0.2) is 0 Å². The Bertz CT molecular complexity index is 962. The van der Waals surface area contributed by atoms with Crippen LogP contribution >= 0.6 is 24.2 Å². The zero-order valence-corrected chi connectivity index (χ0v) is 21.4. The molecule has 2 aliphatic heterocycles. The number of nitrogens with one attached hydrogen (secondary N) is 2. The standard InChI is InChI=1S/C26H35N3O2S.ClH/c1-4-24(26(17-30)13-7-14-28-26)29-20-8-5-6-9-22(20)32-23-11-10-19(16-21(23)29)25(31)27-15-12-18(2)3;/h5-6,8-11,16,18,24,28,30H,4,7,12-15,17H2,1-3H3,(H,27,31);1H/t24?,26-;/m1./s1. The van der Waals surface area contributed by atoms with Gasteiger partial charge in [0.2, 0.25) is 0 Å². The number of para-hydroxylation sites is 1. The molecule has 2 aromatic carbocycles. The maximum Gasteiger partial charge on any atom is 0.251 e. The second kappa shape index (κ2) is 11.1. The van der Waals surface area contributed by atoms with Gasteiger partial charge in [-0.15, -0.1) is 12.4 Å². The third-order valence-electron chi connectivity index (χ3n) is 6.73. The minimum atomic E-state index is -0.351. The number of carbonyl (C=O) groups excluding carboxylic acids is 1. The Morgan fingerprint density at radius 2 is 1.97 bits per heavy atom. The highest BCUT2D eigenvalue weighted by Crippen LogP contribution is 2.51. The lowest BCUT2D eigenvalue weighted by atomic mass is 9.85. The van der Waals surface area contributed by atoms with Crippen molar-refractivity contribution >= 4 is 41.5 Å². The average Bonchev–Trinajstić information content (AvgIpc) is 3.28. The summed E-state index contributed by atoms with van der Waals surface area (Å²) in [5.41, 5.74) is 2.54. The van der Waals surface area contributed by atoms with Crippen molar-refractivity contribution in [1.82, 2.24) is 10.6 Å². The van der Waals surface area contributed by atoms with E-state index in [2.05, 4.69) is 66.6 Å². The summed E-state index contributed by atoms with van der Waals surface area (Å²) in [7, 11) is 0. The fraction of sp³-hybridized carbons (Fsp3) is 0.500. The van der Waals surface area contributed by atoms with Gasteiger partial charge in [-0.3, -0.25) is 4.79 Å². The predicted molar refractivity (Wildman–Crippen MR) is 139 cm³/mol. The highest BCUT2D eigenvalue weighted by molar-refractivity contribution is 7.99. The summed E-state index contributed by atoms with van der Waals surface area (Å²) >= 11 is 1.75. The molecule has 2 aromatic rings. The Hall–Kier alpha value is -1.73. The Morgan fingerprint density at radius 1 is 1.21 bits per heavy atom. The van der Waals surface area contributed by atoms with Crippen LogP contribution < -0.4 is 15.5 Å². The summed E-state index contributed by atoms with van der Waals surface area (Å²) in [5.74, 6) is 0.530. The molecule has 33 heavy (non-hydrogen) atoms. The van der Waals surface area contributed by atoms with Crippen molar-refractivity contribution in [3.63, 3.8) is 0 Å². The van der Waals surface area contributed by atoms with Crippen LogP contribution in [0.25, 0.3) is 0 Å².